The summed E-state index contributed by atoms with van der Waals surface area (Å²) in [6.45, 7) is 4.95. The Balaban J connectivity index is 2.12. The molecule has 3 rings (SSSR count). The third-order valence-electron chi connectivity index (χ3n) is 5.20. The lowest BCUT2D eigenvalue weighted by atomic mass is 9.94. The average molecular weight is 409 g/mol. The first kappa shape index (κ1) is 21.6. The number of methoxy groups -OCH3 is 1. The van der Waals surface area contributed by atoms with Crippen molar-refractivity contribution in [2.75, 3.05) is 26.9 Å². The highest BCUT2D eigenvalue weighted by atomic mass is 16.5. The summed E-state index contributed by atoms with van der Waals surface area (Å²) in [5.74, 6) is -0.965. The fourth-order valence-corrected chi connectivity index (χ4v) is 3.64. The summed E-state index contributed by atoms with van der Waals surface area (Å²) in [4.78, 5) is 27.2. The Morgan fingerprint density at radius 2 is 1.83 bits per heavy atom. The second kappa shape index (κ2) is 9.59. The fraction of sp³-hybridized carbons (Fsp3) is 0.333. The summed E-state index contributed by atoms with van der Waals surface area (Å²) in [5.41, 5.74) is 2.43. The third kappa shape index (κ3) is 4.24. The lowest BCUT2D eigenvalue weighted by Crippen LogP contribution is -2.32. The Kier molecular flexibility index (Phi) is 6.90. The molecule has 2 aromatic carbocycles. The number of Topliss-reactive ketones (excluding diaryl/α,β-unsaturated/α-hetero) is 1. The van der Waals surface area contributed by atoms with Crippen LogP contribution in [0.2, 0.25) is 0 Å². The highest BCUT2D eigenvalue weighted by Gasteiger charge is 2.45. The van der Waals surface area contributed by atoms with Crippen molar-refractivity contribution in [2.24, 2.45) is 0 Å². The van der Waals surface area contributed by atoms with Gasteiger partial charge in [0.15, 0.2) is 0 Å². The second-order valence-corrected chi connectivity index (χ2v) is 7.04. The minimum Gasteiger partial charge on any atom is -0.507 e. The van der Waals surface area contributed by atoms with Gasteiger partial charge in [-0.1, -0.05) is 43.3 Å². The number of amides is 1. The maximum atomic E-state index is 12.9. The normalized spacial score (nSPS) is 18.1. The fourth-order valence-electron chi connectivity index (χ4n) is 3.64. The molecule has 0 bridgehead atoms. The van der Waals surface area contributed by atoms with Crippen LogP contribution in [0.25, 0.3) is 5.76 Å². The van der Waals surface area contributed by atoms with Crippen molar-refractivity contribution < 1.29 is 24.2 Å². The zero-order chi connectivity index (χ0) is 21.7. The largest absolute Gasteiger partial charge is 0.507 e. The van der Waals surface area contributed by atoms with Gasteiger partial charge in [-0.3, -0.25) is 9.59 Å². The number of nitrogens with zero attached hydrogens (tertiary/aromatic N) is 1. The highest BCUT2D eigenvalue weighted by molar-refractivity contribution is 6.46. The van der Waals surface area contributed by atoms with Crippen molar-refractivity contribution in [3.8, 4) is 5.75 Å². The van der Waals surface area contributed by atoms with Gasteiger partial charge in [-0.15, -0.1) is 0 Å². The Morgan fingerprint density at radius 1 is 1.10 bits per heavy atom. The number of likely N-dealkylation sites (tertiary alicyclic amines) is 1. The van der Waals surface area contributed by atoms with E-state index in [4.69, 9.17) is 9.47 Å². The minimum atomic E-state index is -0.699. The highest BCUT2D eigenvalue weighted by Crippen LogP contribution is 2.39. The molecule has 158 valence electrons. The van der Waals surface area contributed by atoms with E-state index >= 15 is 0 Å². The van der Waals surface area contributed by atoms with Crippen molar-refractivity contribution in [1.29, 1.82) is 0 Å². The maximum Gasteiger partial charge on any atom is 0.295 e. The van der Waals surface area contributed by atoms with Crippen molar-refractivity contribution in [2.45, 2.75) is 26.3 Å². The van der Waals surface area contributed by atoms with Gasteiger partial charge in [0, 0.05) is 19.2 Å². The zero-order valence-corrected chi connectivity index (χ0v) is 17.6. The first-order valence-electron chi connectivity index (χ1n) is 10.1. The first-order chi connectivity index (χ1) is 14.5. The van der Waals surface area contributed by atoms with Crippen LogP contribution < -0.4 is 4.74 Å². The minimum absolute atomic E-state index is 0.0778. The van der Waals surface area contributed by atoms with Crippen LogP contribution in [0.1, 0.15) is 36.6 Å². The summed E-state index contributed by atoms with van der Waals surface area (Å²) < 4.78 is 10.6. The molecule has 1 atom stereocenters. The molecule has 1 aliphatic rings. The van der Waals surface area contributed by atoms with E-state index in [9.17, 15) is 14.7 Å². The van der Waals surface area contributed by atoms with Crippen LogP contribution in [0.4, 0.5) is 0 Å². The molecule has 2 aromatic rings. The zero-order valence-electron chi connectivity index (χ0n) is 17.6. The van der Waals surface area contributed by atoms with Crippen LogP contribution in [0.15, 0.2) is 54.1 Å². The summed E-state index contributed by atoms with van der Waals surface area (Å²) >= 11 is 0. The van der Waals surface area contributed by atoms with E-state index in [0.717, 1.165) is 17.5 Å². The van der Waals surface area contributed by atoms with Gasteiger partial charge in [-0.05, 0) is 36.6 Å². The van der Waals surface area contributed by atoms with E-state index in [-0.39, 0.29) is 24.5 Å². The smallest absolute Gasteiger partial charge is 0.295 e. The molecule has 1 fully saturated rings. The van der Waals surface area contributed by atoms with E-state index in [1.54, 1.807) is 31.4 Å². The van der Waals surface area contributed by atoms with Crippen molar-refractivity contribution in [1.82, 2.24) is 4.90 Å². The molecular formula is C24H27NO5. The quantitative estimate of drug-likeness (QED) is 0.409. The summed E-state index contributed by atoms with van der Waals surface area (Å²) in [6, 6.07) is 13.9. The van der Waals surface area contributed by atoms with Gasteiger partial charge in [0.25, 0.3) is 11.7 Å². The van der Waals surface area contributed by atoms with Crippen molar-refractivity contribution in [3.05, 3.63) is 70.8 Å². The predicted molar refractivity (Wildman–Crippen MR) is 114 cm³/mol. The number of benzene rings is 2. The van der Waals surface area contributed by atoms with Gasteiger partial charge in [-0.2, -0.15) is 0 Å². The van der Waals surface area contributed by atoms with Crippen LogP contribution >= 0.6 is 0 Å². The topological polar surface area (TPSA) is 76.1 Å². The first-order valence-corrected chi connectivity index (χ1v) is 10.1. The summed E-state index contributed by atoms with van der Waals surface area (Å²) in [7, 11) is 1.54. The van der Waals surface area contributed by atoms with E-state index in [0.29, 0.717) is 17.9 Å². The van der Waals surface area contributed by atoms with Gasteiger partial charge >= 0.3 is 0 Å². The summed E-state index contributed by atoms with van der Waals surface area (Å²) in [6.07, 6.45) is 0.883. The average Bonchev–Trinajstić information content (AvgIpc) is 3.02. The van der Waals surface area contributed by atoms with Crippen LogP contribution in [0.3, 0.4) is 0 Å². The second-order valence-electron chi connectivity index (χ2n) is 7.04. The van der Waals surface area contributed by atoms with Gasteiger partial charge in [0.2, 0.25) is 0 Å². The van der Waals surface area contributed by atoms with Gasteiger partial charge in [-0.25, -0.2) is 0 Å². The molecule has 1 amide bonds. The van der Waals surface area contributed by atoms with Crippen LogP contribution in [-0.2, 0) is 20.7 Å². The summed E-state index contributed by atoms with van der Waals surface area (Å²) in [5, 5.41) is 11.1. The standard InChI is InChI=1S/C24H27NO5/c1-4-16-9-11-17(12-10-16)21-20(23(27)24(28)25(21)13-14-29-3)22(26)18-7-6-8-19(15-18)30-5-2/h6-12,15,21,26H,4-5,13-14H2,1-3H3. The molecule has 1 saturated heterocycles. The number of aliphatic hydroxyl groups excluding tert-OH is 1. The number of aliphatic hydroxyl groups is 1. The molecule has 6 nitrogen and oxygen atoms in total. The van der Waals surface area contributed by atoms with Crippen molar-refractivity contribution >= 4 is 17.4 Å². The molecule has 0 spiro atoms. The number of hydrogen-bond donors (Lipinski definition) is 1. The molecule has 0 saturated carbocycles. The number of carbonyl (C=O) groups is 2. The van der Waals surface area contributed by atoms with Crippen LogP contribution in [0, 0.1) is 0 Å². The van der Waals surface area contributed by atoms with E-state index < -0.39 is 17.7 Å². The number of ketones is 1. The predicted octanol–water partition coefficient (Wildman–Crippen LogP) is 3.72. The molecule has 0 aromatic heterocycles. The monoisotopic (exact) mass is 409 g/mol. The van der Waals surface area contributed by atoms with E-state index in [1.165, 1.54) is 4.90 Å². The number of carbonyl (C=O) groups excluding carboxylic acids is 2. The number of ether oxygens (including phenoxy) is 2. The van der Waals surface area contributed by atoms with Crippen LogP contribution in [-0.4, -0.2) is 48.6 Å². The Morgan fingerprint density at radius 3 is 2.47 bits per heavy atom. The number of aryl methyl sites for hydroxylation is 1. The number of rotatable bonds is 8. The van der Waals surface area contributed by atoms with Gasteiger partial charge in [0.1, 0.15) is 11.5 Å². The number of hydrogen-bond acceptors (Lipinski definition) is 5. The lowest BCUT2D eigenvalue weighted by Gasteiger charge is -2.25. The van der Waals surface area contributed by atoms with Gasteiger partial charge < -0.3 is 19.5 Å². The Labute approximate surface area is 176 Å². The molecule has 30 heavy (non-hydrogen) atoms. The molecule has 1 unspecified atom stereocenters. The van der Waals surface area contributed by atoms with Crippen LogP contribution in [0.5, 0.6) is 5.75 Å². The molecular weight excluding hydrogens is 382 g/mol. The SMILES string of the molecule is CCOc1cccc(C(O)=C2C(=O)C(=O)N(CCOC)C2c2ccc(CC)cc2)c1. The van der Waals surface area contributed by atoms with E-state index in [2.05, 4.69) is 6.92 Å². The van der Waals surface area contributed by atoms with Gasteiger partial charge in [0.05, 0.1) is 24.8 Å². The molecule has 1 aliphatic heterocycles. The molecule has 0 aliphatic carbocycles. The van der Waals surface area contributed by atoms with Crippen molar-refractivity contribution in [3.63, 3.8) is 0 Å². The maximum absolute atomic E-state index is 12.9. The lowest BCUT2D eigenvalue weighted by molar-refractivity contribution is -0.140. The Hall–Kier alpha value is -3.12. The van der Waals surface area contributed by atoms with E-state index in [1.807, 2.05) is 31.2 Å². The Bertz CT molecular complexity index is 948. The molecule has 1 heterocycles. The third-order valence-corrected chi connectivity index (χ3v) is 5.20. The molecule has 6 heteroatoms. The molecule has 0 radical (unpaired) electrons. The molecule has 1 N–H and O–H groups in total.